The zero-order valence-corrected chi connectivity index (χ0v) is 15.0. The van der Waals surface area contributed by atoms with Crippen molar-refractivity contribution in [2.24, 2.45) is 4.40 Å². The van der Waals surface area contributed by atoms with Gasteiger partial charge in [0.15, 0.2) is 5.17 Å². The van der Waals surface area contributed by atoms with Gasteiger partial charge in [-0.1, -0.05) is 24.3 Å². The van der Waals surface area contributed by atoms with E-state index in [4.69, 9.17) is 0 Å². The average molecular weight is 404 g/mol. The van der Waals surface area contributed by atoms with Crippen molar-refractivity contribution in [1.29, 1.82) is 0 Å². The van der Waals surface area contributed by atoms with Crippen molar-refractivity contribution in [3.8, 4) is 5.75 Å². The molecule has 3 rings (SSSR count). The van der Waals surface area contributed by atoms with Crippen LogP contribution in [0.1, 0.15) is 5.56 Å². The molecule has 0 saturated carbocycles. The molecule has 1 amide bonds. The number of amides is 1. The van der Waals surface area contributed by atoms with Gasteiger partial charge in [-0.3, -0.25) is 20.2 Å². The summed E-state index contributed by atoms with van der Waals surface area (Å²) < 4.78 is 28.1. The number of carbonyl (C=O) groups is 1. The molecule has 0 bridgehead atoms. The fraction of sp³-hybridized carbons (Fsp3) is 0. The Kier molecular flexibility index (Phi) is 4.97. The highest BCUT2D eigenvalue weighted by atomic mass is 32.2. The van der Waals surface area contributed by atoms with Gasteiger partial charge in [0.2, 0.25) is 0 Å². The van der Waals surface area contributed by atoms with E-state index >= 15 is 0 Å². The maximum Gasteiger partial charge on any atom is 0.284 e. The second kappa shape index (κ2) is 7.21. The first-order chi connectivity index (χ1) is 12.8. The molecule has 1 aliphatic rings. The molecule has 1 heterocycles. The molecule has 0 atom stereocenters. The zero-order chi connectivity index (χ0) is 19.6. The van der Waals surface area contributed by atoms with Crippen LogP contribution in [0.3, 0.4) is 0 Å². The summed E-state index contributed by atoms with van der Waals surface area (Å²) >= 11 is 0.721. The number of rotatable bonds is 4. The summed E-state index contributed by atoms with van der Waals surface area (Å²) in [5.74, 6) is -1.17. The molecule has 0 radical (unpaired) electrons. The predicted molar refractivity (Wildman–Crippen MR) is 97.3 cm³/mol. The molecular formula is C16H10N3O6S2-. The highest BCUT2D eigenvalue weighted by Gasteiger charge is 2.26. The maximum absolute atomic E-state index is 12.2. The van der Waals surface area contributed by atoms with Crippen LogP contribution in [-0.2, 0) is 14.8 Å². The number of nitrogens with one attached hydrogen (secondary N) is 1. The lowest BCUT2D eigenvalue weighted by atomic mass is 10.1. The highest BCUT2D eigenvalue weighted by molar-refractivity contribution is 8.19. The third-order valence-corrected chi connectivity index (χ3v) is 5.70. The smallest absolute Gasteiger partial charge is 0.284 e. The summed E-state index contributed by atoms with van der Waals surface area (Å²) in [7, 11) is -4.02. The SMILES string of the molecule is O=C1N/C(=N\S(=O)(=O)c2ccccc2)S/C1=C\c1cc([N+](=O)[O-])ccc1[O-]. The number of sulfonamides is 1. The summed E-state index contributed by atoms with van der Waals surface area (Å²) in [6.45, 7) is 0. The normalized spacial score (nSPS) is 17.3. The molecule has 0 spiro atoms. The van der Waals surface area contributed by atoms with Crippen LogP contribution in [-0.4, -0.2) is 24.4 Å². The zero-order valence-electron chi connectivity index (χ0n) is 13.4. The summed E-state index contributed by atoms with van der Waals surface area (Å²) in [4.78, 5) is 22.1. The summed E-state index contributed by atoms with van der Waals surface area (Å²) in [5.41, 5.74) is -0.362. The van der Waals surface area contributed by atoms with Gasteiger partial charge in [0.1, 0.15) is 0 Å². The number of carbonyl (C=O) groups excluding carboxylic acids is 1. The third-order valence-electron chi connectivity index (χ3n) is 3.39. The lowest BCUT2D eigenvalue weighted by Crippen LogP contribution is -2.20. The van der Waals surface area contributed by atoms with Gasteiger partial charge in [-0.15, -0.1) is 10.1 Å². The van der Waals surface area contributed by atoms with E-state index in [0.717, 1.165) is 36.0 Å². The van der Waals surface area contributed by atoms with Crippen molar-refractivity contribution in [3.63, 3.8) is 0 Å². The molecule has 1 aliphatic heterocycles. The first kappa shape index (κ1) is 18.6. The van der Waals surface area contributed by atoms with Gasteiger partial charge in [-0.25, -0.2) is 0 Å². The van der Waals surface area contributed by atoms with Crippen LogP contribution in [0.2, 0.25) is 0 Å². The predicted octanol–water partition coefficient (Wildman–Crippen LogP) is 1.62. The van der Waals surface area contributed by atoms with Crippen LogP contribution < -0.4 is 10.4 Å². The second-order valence-electron chi connectivity index (χ2n) is 5.23. The molecule has 0 aromatic heterocycles. The highest BCUT2D eigenvalue weighted by Crippen LogP contribution is 2.30. The van der Waals surface area contributed by atoms with E-state index in [2.05, 4.69) is 9.71 Å². The molecule has 9 nitrogen and oxygen atoms in total. The van der Waals surface area contributed by atoms with Crippen LogP contribution >= 0.6 is 11.8 Å². The van der Waals surface area contributed by atoms with Crippen LogP contribution in [0.4, 0.5) is 5.69 Å². The van der Waals surface area contributed by atoms with Gasteiger partial charge in [-0.2, -0.15) is 8.42 Å². The van der Waals surface area contributed by atoms with Crippen molar-refractivity contribution in [2.45, 2.75) is 4.90 Å². The minimum atomic E-state index is -4.02. The molecule has 1 saturated heterocycles. The fourth-order valence-corrected chi connectivity index (χ4v) is 4.12. The van der Waals surface area contributed by atoms with E-state index in [0.29, 0.717) is 0 Å². The molecule has 2 aromatic carbocycles. The maximum atomic E-state index is 12.2. The van der Waals surface area contributed by atoms with E-state index < -0.39 is 26.6 Å². The number of hydrogen-bond donors (Lipinski definition) is 1. The monoisotopic (exact) mass is 404 g/mol. The van der Waals surface area contributed by atoms with E-state index in [9.17, 15) is 28.4 Å². The van der Waals surface area contributed by atoms with Gasteiger partial charge in [0.25, 0.3) is 21.6 Å². The summed E-state index contributed by atoms with van der Waals surface area (Å²) in [6.07, 6.45) is 1.16. The van der Waals surface area contributed by atoms with E-state index in [1.54, 1.807) is 6.07 Å². The minimum Gasteiger partial charge on any atom is -0.872 e. The molecule has 1 fully saturated rings. The molecule has 0 aliphatic carbocycles. The summed E-state index contributed by atoms with van der Waals surface area (Å²) in [6, 6.07) is 10.6. The molecule has 138 valence electrons. The Hall–Kier alpha value is -3.18. The van der Waals surface area contributed by atoms with Gasteiger partial charge in [0, 0.05) is 12.1 Å². The molecule has 2 aromatic rings. The van der Waals surface area contributed by atoms with Crippen LogP contribution in [0.25, 0.3) is 6.08 Å². The standard InChI is InChI=1S/C16H11N3O6S2/c20-13-7-6-11(19(22)23)8-10(13)9-14-15(21)17-16(26-14)18-27(24,25)12-4-2-1-3-5-12/h1-9,20H,(H,17,18,21)/p-1/b14-9-. The van der Waals surface area contributed by atoms with Gasteiger partial charge < -0.3 is 5.11 Å². The molecule has 27 heavy (non-hydrogen) atoms. The second-order valence-corrected chi connectivity index (χ2v) is 7.86. The Morgan fingerprint density at radius 2 is 1.85 bits per heavy atom. The Morgan fingerprint density at radius 1 is 1.15 bits per heavy atom. The van der Waals surface area contributed by atoms with E-state index in [-0.39, 0.29) is 26.2 Å². The Morgan fingerprint density at radius 3 is 2.52 bits per heavy atom. The van der Waals surface area contributed by atoms with Crippen molar-refractivity contribution in [2.75, 3.05) is 0 Å². The first-order valence-corrected chi connectivity index (χ1v) is 9.58. The minimum absolute atomic E-state index is 0.00499. The number of nitrogens with zero attached hydrogens (tertiary/aromatic N) is 2. The largest absolute Gasteiger partial charge is 0.872 e. The number of benzene rings is 2. The van der Waals surface area contributed by atoms with Crippen molar-refractivity contribution in [3.05, 3.63) is 69.1 Å². The van der Waals surface area contributed by atoms with E-state index in [1.165, 1.54) is 24.3 Å². The number of hydrogen-bond acceptors (Lipinski definition) is 7. The number of nitro groups is 1. The Balaban J connectivity index is 1.91. The number of nitro benzene ring substituents is 1. The summed E-state index contributed by atoms with van der Waals surface area (Å²) in [5, 5.41) is 24.8. The number of thioether (sulfide) groups is 1. The lowest BCUT2D eigenvalue weighted by Gasteiger charge is -2.09. The van der Waals surface area contributed by atoms with Gasteiger partial charge in [-0.05, 0) is 35.5 Å². The number of amidine groups is 1. The topological polar surface area (TPSA) is 142 Å². The van der Waals surface area contributed by atoms with Crippen molar-refractivity contribution in [1.82, 2.24) is 5.32 Å². The first-order valence-electron chi connectivity index (χ1n) is 7.32. The van der Waals surface area contributed by atoms with Gasteiger partial charge >= 0.3 is 0 Å². The Labute approximate surface area is 157 Å². The fourth-order valence-electron chi connectivity index (χ4n) is 2.13. The Bertz CT molecular complexity index is 1090. The van der Waals surface area contributed by atoms with Crippen LogP contribution in [0.15, 0.2) is 62.7 Å². The van der Waals surface area contributed by atoms with Gasteiger partial charge in [0.05, 0.1) is 14.7 Å². The quantitative estimate of drug-likeness (QED) is 0.463. The van der Waals surface area contributed by atoms with Crippen LogP contribution in [0.5, 0.6) is 5.75 Å². The lowest BCUT2D eigenvalue weighted by molar-refractivity contribution is -0.385. The number of non-ortho nitro benzene ring substituents is 1. The molecule has 1 N–H and O–H groups in total. The molecular weight excluding hydrogens is 394 g/mol. The van der Waals surface area contributed by atoms with Crippen LogP contribution in [0, 0.1) is 10.1 Å². The molecule has 0 unspecified atom stereocenters. The average Bonchev–Trinajstić information content (AvgIpc) is 2.95. The third kappa shape index (κ3) is 4.15. The van der Waals surface area contributed by atoms with E-state index in [1.807, 2.05) is 0 Å². The molecule has 11 heteroatoms. The van der Waals surface area contributed by atoms with Crippen molar-refractivity contribution < 1.29 is 23.2 Å². The van der Waals surface area contributed by atoms with Crippen molar-refractivity contribution >= 4 is 44.6 Å².